The second-order valence-corrected chi connectivity index (χ2v) is 10.0. The van der Waals surface area contributed by atoms with Crippen LogP contribution in [0.2, 0.25) is 10.0 Å². The van der Waals surface area contributed by atoms with Gasteiger partial charge in [0.1, 0.15) is 12.0 Å². The second kappa shape index (κ2) is 11.2. The monoisotopic (exact) mass is 543 g/mol. The van der Waals surface area contributed by atoms with E-state index < -0.39 is 5.92 Å². The molecule has 0 amide bonds. The largest absolute Gasteiger partial charge is 0.393 e. The van der Waals surface area contributed by atoms with Crippen LogP contribution in [0.25, 0.3) is 0 Å². The number of nitrogen functional groups attached to an aromatic ring is 1. The number of hydrogen-bond donors (Lipinski definition) is 2. The summed E-state index contributed by atoms with van der Waals surface area (Å²) in [5.74, 6) is 0.711. The minimum absolute atomic E-state index is 0.476. The number of benzene rings is 3. The summed E-state index contributed by atoms with van der Waals surface area (Å²) in [6.45, 7) is 5.31. The Morgan fingerprint density at radius 1 is 0.947 bits per heavy atom. The molecule has 9 heteroatoms. The smallest absolute Gasteiger partial charge is 0.159 e. The molecule has 1 saturated heterocycles. The molecule has 1 aromatic heterocycles. The van der Waals surface area contributed by atoms with E-state index in [2.05, 4.69) is 55.4 Å². The molecule has 0 spiro atoms. The van der Waals surface area contributed by atoms with Crippen LogP contribution in [0.5, 0.6) is 0 Å². The fraction of sp³-hybridized carbons (Fsp3) is 0.207. The highest BCUT2D eigenvalue weighted by Gasteiger charge is 2.23. The van der Waals surface area contributed by atoms with Crippen LogP contribution >= 0.6 is 23.2 Å². The van der Waals surface area contributed by atoms with Gasteiger partial charge in [0.15, 0.2) is 11.6 Å². The maximum absolute atomic E-state index is 9.90. The Morgan fingerprint density at radius 3 is 2.32 bits per heavy atom. The summed E-state index contributed by atoms with van der Waals surface area (Å²) in [5, 5.41) is 14.3. The van der Waals surface area contributed by atoms with Crippen LogP contribution in [-0.2, 0) is 0 Å². The third-order valence-electron chi connectivity index (χ3n) is 6.80. The van der Waals surface area contributed by atoms with Crippen molar-refractivity contribution in [2.24, 2.45) is 0 Å². The Kier molecular flexibility index (Phi) is 7.54. The molecule has 1 aliphatic heterocycles. The van der Waals surface area contributed by atoms with E-state index in [1.165, 1.54) is 12.0 Å². The molecule has 0 saturated carbocycles. The van der Waals surface area contributed by atoms with Gasteiger partial charge in [0.2, 0.25) is 0 Å². The van der Waals surface area contributed by atoms with Gasteiger partial charge >= 0.3 is 0 Å². The Labute approximate surface area is 232 Å². The lowest BCUT2D eigenvalue weighted by Crippen LogP contribution is -2.47. The number of nitriles is 1. The fourth-order valence-corrected chi connectivity index (χ4v) is 5.12. The van der Waals surface area contributed by atoms with Gasteiger partial charge in [-0.3, -0.25) is 0 Å². The van der Waals surface area contributed by atoms with Crippen molar-refractivity contribution in [2.75, 3.05) is 47.0 Å². The normalized spacial score (nSPS) is 14.2. The minimum atomic E-state index is -0.516. The predicted molar refractivity (Wildman–Crippen MR) is 156 cm³/mol. The maximum Gasteiger partial charge on any atom is 0.159 e. The van der Waals surface area contributed by atoms with Crippen molar-refractivity contribution in [1.82, 2.24) is 9.97 Å². The summed E-state index contributed by atoms with van der Waals surface area (Å²) < 4.78 is 0. The van der Waals surface area contributed by atoms with E-state index in [4.69, 9.17) is 28.9 Å². The van der Waals surface area contributed by atoms with Crippen molar-refractivity contribution < 1.29 is 0 Å². The summed E-state index contributed by atoms with van der Waals surface area (Å²) >= 11 is 12.7. The molecule has 1 aliphatic rings. The molecule has 1 unspecified atom stereocenters. The van der Waals surface area contributed by atoms with E-state index in [0.717, 1.165) is 48.6 Å². The van der Waals surface area contributed by atoms with Crippen molar-refractivity contribution in [3.05, 3.63) is 99.8 Å². The number of nitrogens with zero attached hydrogens (tertiary/aromatic N) is 5. The van der Waals surface area contributed by atoms with Gasteiger partial charge in [0, 0.05) is 47.6 Å². The van der Waals surface area contributed by atoms with Crippen molar-refractivity contribution >= 4 is 51.9 Å². The summed E-state index contributed by atoms with van der Waals surface area (Å²) in [7, 11) is 0. The zero-order valence-corrected chi connectivity index (χ0v) is 22.4. The second-order valence-electron chi connectivity index (χ2n) is 9.20. The zero-order valence-electron chi connectivity index (χ0n) is 20.9. The Hall–Kier alpha value is -3.99. The molecule has 7 nitrogen and oxygen atoms in total. The SMILES string of the molecule is Cc1cc(C(C#N)c2ccc(Cl)cc2)c(Cl)cc1Nc1ncnc(N2CCN(c3ccccc3)CC2)c1N. The van der Waals surface area contributed by atoms with E-state index >= 15 is 0 Å². The quantitative estimate of drug-likeness (QED) is 0.290. The standard InChI is InChI=1S/C29H27Cl2N7/c1-19-15-23(24(17-32)20-7-9-21(30)10-8-20)25(31)16-26(19)36-28-27(33)29(35-18-34-28)38-13-11-37(12-14-38)22-5-3-2-4-6-22/h2-10,15-16,18,24H,11-14,33H2,1H3,(H,34,35,36). The van der Waals surface area contributed by atoms with Crippen molar-refractivity contribution in [3.8, 4) is 6.07 Å². The van der Waals surface area contributed by atoms with E-state index in [0.29, 0.717) is 27.4 Å². The van der Waals surface area contributed by atoms with Crippen molar-refractivity contribution in [1.29, 1.82) is 5.26 Å². The van der Waals surface area contributed by atoms with Gasteiger partial charge in [-0.25, -0.2) is 9.97 Å². The molecule has 1 atom stereocenters. The summed E-state index contributed by atoms with van der Waals surface area (Å²) in [4.78, 5) is 13.4. The topological polar surface area (TPSA) is 94.1 Å². The molecule has 3 N–H and O–H groups in total. The number of nitrogens with one attached hydrogen (secondary N) is 1. The first-order valence-electron chi connectivity index (χ1n) is 12.3. The highest BCUT2D eigenvalue weighted by Crippen LogP contribution is 2.36. The highest BCUT2D eigenvalue weighted by molar-refractivity contribution is 6.32. The first-order valence-corrected chi connectivity index (χ1v) is 13.1. The number of aromatic nitrogens is 2. The van der Waals surface area contributed by atoms with Crippen LogP contribution in [0.1, 0.15) is 22.6 Å². The Bertz CT molecular complexity index is 1460. The molecule has 0 radical (unpaired) electrons. The zero-order chi connectivity index (χ0) is 26.6. The molecule has 0 bridgehead atoms. The molecule has 5 rings (SSSR count). The molecule has 1 fully saturated rings. The third kappa shape index (κ3) is 5.33. The number of rotatable bonds is 6. The molecular weight excluding hydrogens is 517 g/mol. The lowest BCUT2D eigenvalue weighted by Gasteiger charge is -2.37. The first kappa shape index (κ1) is 25.7. The molecule has 3 aromatic carbocycles. The van der Waals surface area contributed by atoms with Gasteiger partial charge in [-0.1, -0.05) is 59.6 Å². The molecule has 4 aromatic rings. The highest BCUT2D eigenvalue weighted by atomic mass is 35.5. The maximum atomic E-state index is 9.90. The van der Waals surface area contributed by atoms with Crippen LogP contribution in [0.4, 0.5) is 28.7 Å². The number of halogens is 2. The number of nitrogens with two attached hydrogens (primary N) is 1. The summed E-state index contributed by atoms with van der Waals surface area (Å²) in [6.07, 6.45) is 1.52. The van der Waals surface area contributed by atoms with Gasteiger partial charge < -0.3 is 20.9 Å². The van der Waals surface area contributed by atoms with Gasteiger partial charge in [0.05, 0.1) is 12.0 Å². The minimum Gasteiger partial charge on any atom is -0.393 e. The number of piperazine rings is 1. The van der Waals surface area contributed by atoms with Crippen LogP contribution in [-0.4, -0.2) is 36.1 Å². The fourth-order valence-electron chi connectivity index (χ4n) is 4.72. The molecule has 38 heavy (non-hydrogen) atoms. The third-order valence-corrected chi connectivity index (χ3v) is 7.38. The number of aryl methyl sites for hydroxylation is 1. The Morgan fingerprint density at radius 2 is 1.63 bits per heavy atom. The number of hydrogen-bond acceptors (Lipinski definition) is 7. The van der Waals surface area contributed by atoms with E-state index in [9.17, 15) is 5.26 Å². The average molecular weight is 544 g/mol. The van der Waals surface area contributed by atoms with Crippen LogP contribution in [0.3, 0.4) is 0 Å². The number of para-hydroxylation sites is 1. The van der Waals surface area contributed by atoms with Gasteiger partial charge in [-0.2, -0.15) is 5.26 Å². The molecular formula is C29H27Cl2N7. The lowest BCUT2D eigenvalue weighted by atomic mass is 9.91. The van der Waals surface area contributed by atoms with E-state index in [-0.39, 0.29) is 0 Å². The van der Waals surface area contributed by atoms with Crippen LogP contribution < -0.4 is 20.9 Å². The van der Waals surface area contributed by atoms with Crippen molar-refractivity contribution in [3.63, 3.8) is 0 Å². The van der Waals surface area contributed by atoms with E-state index in [1.54, 1.807) is 12.1 Å². The molecule has 0 aliphatic carbocycles. The van der Waals surface area contributed by atoms with Crippen molar-refractivity contribution in [2.45, 2.75) is 12.8 Å². The first-order chi connectivity index (χ1) is 18.4. The Balaban J connectivity index is 1.34. The van der Waals surface area contributed by atoms with E-state index in [1.807, 2.05) is 37.3 Å². The summed E-state index contributed by atoms with van der Waals surface area (Å²) in [5.41, 5.74) is 11.5. The lowest BCUT2D eigenvalue weighted by molar-refractivity contribution is 0.647. The molecule has 2 heterocycles. The average Bonchev–Trinajstić information content (AvgIpc) is 2.94. The van der Waals surface area contributed by atoms with Gasteiger partial charge in [0.25, 0.3) is 0 Å². The predicted octanol–water partition coefficient (Wildman–Crippen LogP) is 6.40. The van der Waals surface area contributed by atoms with Gasteiger partial charge in [-0.05, 0) is 53.9 Å². The van der Waals surface area contributed by atoms with Gasteiger partial charge in [-0.15, -0.1) is 0 Å². The number of anilines is 5. The van der Waals surface area contributed by atoms with Crippen LogP contribution in [0, 0.1) is 18.3 Å². The van der Waals surface area contributed by atoms with Crippen LogP contribution in [0.15, 0.2) is 73.1 Å². The molecule has 192 valence electrons. The summed E-state index contributed by atoms with van der Waals surface area (Å²) in [6, 6.07) is 23.7.